The lowest BCUT2D eigenvalue weighted by atomic mass is 10.0. The van der Waals surface area contributed by atoms with E-state index in [-0.39, 0.29) is 34.3 Å². The van der Waals surface area contributed by atoms with Gasteiger partial charge in [0.2, 0.25) is 0 Å². The van der Waals surface area contributed by atoms with Gasteiger partial charge in [0.05, 0.1) is 11.7 Å². The van der Waals surface area contributed by atoms with Gasteiger partial charge in [-0.15, -0.1) is 0 Å². The van der Waals surface area contributed by atoms with Gasteiger partial charge in [-0.05, 0) is 65.8 Å². The van der Waals surface area contributed by atoms with Crippen LogP contribution in [0.15, 0.2) is 146 Å². The lowest BCUT2D eigenvalue weighted by molar-refractivity contribution is -0.0000213. The largest absolute Gasteiger partial charge is 1.00 e. The molecule has 3 nitrogen and oxygen atoms in total. The minimum absolute atomic E-state index is 0. The number of hydrogen-bond acceptors (Lipinski definition) is 3. The number of halogens is 1. The molecule has 0 aliphatic heterocycles. The summed E-state index contributed by atoms with van der Waals surface area (Å²) in [6.07, 6.45) is 17.3. The van der Waals surface area contributed by atoms with Crippen molar-refractivity contribution in [3.8, 4) is 11.5 Å². The molecule has 0 aliphatic carbocycles. The molecule has 294 valence electrons. The van der Waals surface area contributed by atoms with E-state index in [0.29, 0.717) is 12.0 Å². The van der Waals surface area contributed by atoms with Gasteiger partial charge >= 0.3 is 0 Å². The summed E-state index contributed by atoms with van der Waals surface area (Å²) in [5, 5.41) is 32.0. The zero-order valence-electron chi connectivity index (χ0n) is 33.1. The molecular formula is C52H56BrO3P. The number of phenols is 2. The molecule has 0 radical (unpaired) electrons. The zero-order valence-corrected chi connectivity index (χ0v) is 35.6. The first-order chi connectivity index (χ1) is 27.6. The van der Waals surface area contributed by atoms with Crippen molar-refractivity contribution in [1.82, 2.24) is 0 Å². The highest BCUT2D eigenvalue weighted by Gasteiger charge is 2.48. The maximum absolute atomic E-state index is 12.4. The van der Waals surface area contributed by atoms with Crippen molar-refractivity contribution in [1.29, 1.82) is 0 Å². The Morgan fingerprint density at radius 3 is 1.21 bits per heavy atom. The molecule has 7 aromatic rings. The van der Waals surface area contributed by atoms with E-state index in [1.165, 1.54) is 131 Å². The van der Waals surface area contributed by atoms with Gasteiger partial charge in [-0.25, -0.2) is 0 Å². The molecule has 0 saturated carbocycles. The molecule has 0 amide bonds. The maximum Gasteiger partial charge on any atom is 0.166 e. The maximum atomic E-state index is 12.4. The summed E-state index contributed by atoms with van der Waals surface area (Å²) in [5.74, 6) is -0.215. The first kappa shape index (κ1) is 42.1. The minimum atomic E-state index is -2.13. The number of carbonyl (C=O) groups is 1. The number of carbonyl (C=O) groups excluding carboxylic acids is 1. The molecule has 0 atom stereocenters. The number of aromatic hydroxyl groups is 2. The van der Waals surface area contributed by atoms with Gasteiger partial charge < -0.3 is 27.2 Å². The van der Waals surface area contributed by atoms with Crippen molar-refractivity contribution >= 4 is 61.3 Å². The van der Waals surface area contributed by atoms with Crippen molar-refractivity contribution in [2.24, 2.45) is 0 Å². The molecule has 0 aromatic heterocycles. The first-order valence-electron chi connectivity index (χ1n) is 20.9. The van der Waals surface area contributed by atoms with Crippen LogP contribution in [0.25, 0.3) is 32.3 Å². The van der Waals surface area contributed by atoms with Gasteiger partial charge in [-0.3, -0.25) is 4.79 Å². The van der Waals surface area contributed by atoms with Crippen molar-refractivity contribution in [2.75, 3.05) is 6.16 Å². The summed E-state index contributed by atoms with van der Waals surface area (Å²) >= 11 is 0. The van der Waals surface area contributed by atoms with Gasteiger partial charge in [0.25, 0.3) is 0 Å². The van der Waals surface area contributed by atoms with E-state index < -0.39 is 7.26 Å². The Bertz CT molecular complexity index is 2180. The normalized spacial score (nSPS) is 11.6. The van der Waals surface area contributed by atoms with E-state index in [9.17, 15) is 15.0 Å². The van der Waals surface area contributed by atoms with Crippen molar-refractivity contribution < 1.29 is 32.0 Å². The predicted octanol–water partition coefficient (Wildman–Crippen LogP) is 10.2. The van der Waals surface area contributed by atoms with Crippen LogP contribution in [-0.2, 0) is 0 Å². The molecule has 0 unspecified atom stereocenters. The fraction of sp³-hybridized carbons (Fsp3) is 0.288. The zero-order chi connectivity index (χ0) is 38.6. The van der Waals surface area contributed by atoms with E-state index >= 15 is 0 Å². The smallest absolute Gasteiger partial charge is 0.166 e. The second-order valence-corrected chi connectivity index (χ2v) is 19.0. The summed E-state index contributed by atoms with van der Waals surface area (Å²) in [4.78, 5) is 12.4. The Morgan fingerprint density at radius 2 is 0.789 bits per heavy atom. The van der Waals surface area contributed by atoms with Gasteiger partial charge in [0.15, 0.2) is 5.78 Å². The first-order valence-corrected chi connectivity index (χ1v) is 22.9. The molecule has 7 rings (SSSR count). The predicted molar refractivity (Wildman–Crippen MR) is 241 cm³/mol. The lowest BCUT2D eigenvalue weighted by Gasteiger charge is -2.31. The molecule has 2 N–H and O–H groups in total. The average molecular weight is 840 g/mol. The van der Waals surface area contributed by atoms with E-state index in [2.05, 4.69) is 127 Å². The van der Waals surface area contributed by atoms with Crippen molar-refractivity contribution in [2.45, 2.75) is 89.9 Å². The molecule has 0 aliphatic rings. The summed E-state index contributed by atoms with van der Waals surface area (Å²) < 4.78 is 0. The van der Waals surface area contributed by atoms with E-state index in [0.717, 1.165) is 25.4 Å². The molecule has 0 heterocycles. The molecule has 7 aromatic carbocycles. The number of ketones is 1. The Kier molecular flexibility index (Phi) is 15.4. The third-order valence-electron chi connectivity index (χ3n) is 11.7. The number of benzene rings is 7. The van der Waals surface area contributed by atoms with Crippen LogP contribution in [0.3, 0.4) is 0 Å². The SMILES string of the molecule is O=C(CCCCCCCCCCCCCCC[P+](c1cccc2ccccc12)(c1cccc2ccccc12)c1cccc2ccccc12)c1ccc(O)cc1O.[Br-]. The van der Waals surface area contributed by atoms with Gasteiger partial charge in [0, 0.05) is 28.6 Å². The number of fused-ring (bicyclic) bond motifs is 3. The Balaban J connectivity index is 0.00000549. The second-order valence-electron chi connectivity index (χ2n) is 15.5. The van der Waals surface area contributed by atoms with Crippen LogP contribution in [0.1, 0.15) is 100 Å². The number of Topliss-reactive ketones (excluding diaryl/α,β-unsaturated/α-hetero) is 1. The highest BCUT2D eigenvalue weighted by Crippen LogP contribution is 2.59. The van der Waals surface area contributed by atoms with Crippen molar-refractivity contribution in [3.05, 3.63) is 151 Å². The Labute approximate surface area is 350 Å². The van der Waals surface area contributed by atoms with E-state index in [4.69, 9.17) is 0 Å². The standard InChI is InChI=1S/C52H55O3P.BrH/c53-43-36-37-47(49(55)39-43)48(54)32-12-10-8-6-4-2-1-3-5-7-9-11-19-38-56(50-33-20-26-40-23-13-16-29-44(40)50,51-34-21-27-41-24-14-17-30-45(41)51)52-35-22-28-42-25-15-18-31-46(42)52;/h13-18,20-31,33-37,39H,1-12,19,32,38H2,(H-,53,54,55);1H. The van der Waals surface area contributed by atoms with E-state index in [1.54, 1.807) is 0 Å². The fourth-order valence-electron chi connectivity index (χ4n) is 8.84. The monoisotopic (exact) mass is 838 g/mol. The summed E-state index contributed by atoms with van der Waals surface area (Å²) in [6, 6.07) is 52.3. The van der Waals surface area contributed by atoms with Crippen LogP contribution in [-0.4, -0.2) is 22.2 Å². The molecule has 0 bridgehead atoms. The number of hydrogen-bond donors (Lipinski definition) is 2. The molecule has 0 saturated heterocycles. The van der Waals surface area contributed by atoms with Crippen LogP contribution < -0.4 is 32.9 Å². The van der Waals surface area contributed by atoms with Crippen LogP contribution in [0.4, 0.5) is 0 Å². The number of rotatable bonds is 20. The third-order valence-corrected chi connectivity index (χ3v) is 16.3. The summed E-state index contributed by atoms with van der Waals surface area (Å²) in [5.41, 5.74) is 0.306. The third kappa shape index (κ3) is 9.97. The molecule has 57 heavy (non-hydrogen) atoms. The molecule has 0 fully saturated rings. The van der Waals surface area contributed by atoms with Crippen LogP contribution >= 0.6 is 7.26 Å². The number of phenolic OH excluding ortho intramolecular Hbond substituents is 2. The highest BCUT2D eigenvalue weighted by atomic mass is 79.9. The number of unbranched alkanes of at least 4 members (excludes halogenated alkanes) is 12. The van der Waals surface area contributed by atoms with E-state index in [1.807, 2.05) is 0 Å². The molecular weight excluding hydrogens is 783 g/mol. The summed E-state index contributed by atoms with van der Waals surface area (Å²) in [7, 11) is -2.13. The molecule has 0 spiro atoms. The fourth-order valence-corrected chi connectivity index (χ4v) is 13.9. The Hall–Kier alpha value is -4.50. The van der Waals surface area contributed by atoms with Gasteiger partial charge in [-0.1, -0.05) is 173 Å². The highest BCUT2D eigenvalue weighted by molar-refractivity contribution is 7.96. The summed E-state index contributed by atoms with van der Waals surface area (Å²) in [6.45, 7) is 0. The molecule has 5 heteroatoms. The topological polar surface area (TPSA) is 57.5 Å². The van der Waals surface area contributed by atoms with Gasteiger partial charge in [-0.2, -0.15) is 0 Å². The Morgan fingerprint density at radius 1 is 0.421 bits per heavy atom. The van der Waals surface area contributed by atoms with Crippen molar-refractivity contribution in [3.63, 3.8) is 0 Å². The lowest BCUT2D eigenvalue weighted by Crippen LogP contribution is -3.00. The quantitative estimate of drug-likeness (QED) is 0.0457. The van der Waals surface area contributed by atoms with Gasteiger partial charge in [0.1, 0.15) is 34.7 Å². The minimum Gasteiger partial charge on any atom is -1.00 e. The second kappa shape index (κ2) is 20.8. The van der Waals surface area contributed by atoms with Crippen LogP contribution in [0.5, 0.6) is 11.5 Å². The van der Waals surface area contributed by atoms with Crippen LogP contribution in [0.2, 0.25) is 0 Å². The van der Waals surface area contributed by atoms with Crippen LogP contribution in [0, 0.1) is 0 Å². The average Bonchev–Trinajstić information content (AvgIpc) is 3.23.